The summed E-state index contributed by atoms with van der Waals surface area (Å²) in [4.78, 5) is 17.3. The Labute approximate surface area is 130 Å². The fourth-order valence-corrected chi connectivity index (χ4v) is 2.57. The first-order valence-corrected chi connectivity index (χ1v) is 7.11. The maximum absolute atomic E-state index is 12.6. The summed E-state index contributed by atoms with van der Waals surface area (Å²) in [6.45, 7) is 2.66. The molecule has 5 nitrogen and oxygen atoms in total. The zero-order valence-corrected chi connectivity index (χ0v) is 12.3. The lowest BCUT2D eigenvalue weighted by Crippen LogP contribution is -2.25. The van der Waals surface area contributed by atoms with E-state index in [1.165, 1.54) is 19.1 Å². The molecule has 0 N–H and O–H groups in total. The molecule has 122 valence electrons. The van der Waals surface area contributed by atoms with Crippen LogP contribution in [0.15, 0.2) is 28.8 Å². The van der Waals surface area contributed by atoms with Crippen LogP contribution in [0.1, 0.15) is 30.7 Å². The van der Waals surface area contributed by atoms with Crippen molar-refractivity contribution in [1.82, 2.24) is 15.0 Å². The number of aromatic nitrogens is 2. The number of carbonyl (C=O) groups excluding carboxylic acids is 1. The molecule has 1 atom stereocenters. The van der Waals surface area contributed by atoms with Crippen LogP contribution in [-0.4, -0.2) is 34.0 Å². The Balaban J connectivity index is 1.76. The van der Waals surface area contributed by atoms with Gasteiger partial charge in [0.1, 0.15) is 0 Å². The SMILES string of the molecule is CC(=O)N1CCC(c2nc(-c3ccc(C(F)(F)F)cc3)no2)C1. The minimum Gasteiger partial charge on any atom is -0.342 e. The molecule has 0 radical (unpaired) electrons. The van der Waals surface area contributed by atoms with Crippen molar-refractivity contribution in [2.45, 2.75) is 25.4 Å². The molecule has 1 aliphatic rings. The van der Waals surface area contributed by atoms with Crippen LogP contribution in [0.2, 0.25) is 0 Å². The molecule has 8 heteroatoms. The molecule has 1 aliphatic heterocycles. The number of likely N-dealkylation sites (tertiary alicyclic amines) is 1. The van der Waals surface area contributed by atoms with Gasteiger partial charge in [0, 0.05) is 25.6 Å². The first-order chi connectivity index (χ1) is 10.8. The Bertz CT molecular complexity index is 710. The molecule has 0 saturated carbocycles. The number of rotatable bonds is 2. The van der Waals surface area contributed by atoms with Crippen molar-refractivity contribution < 1.29 is 22.5 Å². The van der Waals surface area contributed by atoms with Crippen molar-refractivity contribution in [2.75, 3.05) is 13.1 Å². The number of hydrogen-bond donors (Lipinski definition) is 0. The Kier molecular flexibility index (Phi) is 3.83. The third-order valence-corrected chi connectivity index (χ3v) is 3.89. The van der Waals surface area contributed by atoms with Gasteiger partial charge in [-0.05, 0) is 18.6 Å². The maximum atomic E-state index is 12.6. The number of benzene rings is 1. The first kappa shape index (κ1) is 15.5. The van der Waals surface area contributed by atoms with E-state index in [9.17, 15) is 18.0 Å². The molecule has 1 fully saturated rings. The summed E-state index contributed by atoms with van der Waals surface area (Å²) in [5.41, 5.74) is -0.271. The zero-order chi connectivity index (χ0) is 16.6. The van der Waals surface area contributed by atoms with E-state index in [1.807, 2.05) is 0 Å². The molecule has 2 heterocycles. The molecule has 23 heavy (non-hydrogen) atoms. The predicted molar refractivity (Wildman–Crippen MR) is 74.3 cm³/mol. The first-order valence-electron chi connectivity index (χ1n) is 7.11. The van der Waals surface area contributed by atoms with Crippen LogP contribution in [0.3, 0.4) is 0 Å². The van der Waals surface area contributed by atoms with Crippen LogP contribution < -0.4 is 0 Å². The smallest absolute Gasteiger partial charge is 0.342 e. The molecule has 0 spiro atoms. The van der Waals surface area contributed by atoms with Crippen molar-refractivity contribution in [3.05, 3.63) is 35.7 Å². The van der Waals surface area contributed by atoms with Gasteiger partial charge in [0.2, 0.25) is 17.6 Å². The van der Waals surface area contributed by atoms with Gasteiger partial charge in [-0.1, -0.05) is 17.3 Å². The van der Waals surface area contributed by atoms with Gasteiger partial charge in [-0.25, -0.2) is 0 Å². The van der Waals surface area contributed by atoms with Gasteiger partial charge in [0.15, 0.2) is 0 Å². The van der Waals surface area contributed by atoms with E-state index in [1.54, 1.807) is 4.90 Å². The molecule has 2 aromatic rings. The van der Waals surface area contributed by atoms with Crippen molar-refractivity contribution in [2.24, 2.45) is 0 Å². The Morgan fingerprint density at radius 3 is 2.57 bits per heavy atom. The van der Waals surface area contributed by atoms with Gasteiger partial charge >= 0.3 is 6.18 Å². The van der Waals surface area contributed by atoms with Crippen LogP contribution in [-0.2, 0) is 11.0 Å². The molecule has 3 rings (SSSR count). The maximum Gasteiger partial charge on any atom is 0.416 e. The van der Waals surface area contributed by atoms with Crippen LogP contribution in [0.25, 0.3) is 11.4 Å². The molecule has 1 amide bonds. The van der Waals surface area contributed by atoms with Crippen LogP contribution in [0.4, 0.5) is 13.2 Å². The van der Waals surface area contributed by atoms with Crippen molar-refractivity contribution >= 4 is 5.91 Å². The standard InChI is InChI=1S/C15H14F3N3O2/c1-9(22)21-7-6-11(8-21)14-19-13(20-23-14)10-2-4-12(5-3-10)15(16,17)18/h2-5,11H,6-8H2,1H3. The average molecular weight is 325 g/mol. The lowest BCUT2D eigenvalue weighted by molar-refractivity contribution is -0.137. The van der Waals surface area contributed by atoms with E-state index < -0.39 is 11.7 Å². The van der Waals surface area contributed by atoms with Crippen molar-refractivity contribution in [1.29, 1.82) is 0 Å². The van der Waals surface area contributed by atoms with Gasteiger partial charge in [-0.3, -0.25) is 4.79 Å². The largest absolute Gasteiger partial charge is 0.416 e. The second-order valence-corrected chi connectivity index (χ2v) is 5.48. The minimum absolute atomic E-state index is 0.00465. The molecule has 1 unspecified atom stereocenters. The molecule has 1 saturated heterocycles. The quantitative estimate of drug-likeness (QED) is 0.851. The van der Waals surface area contributed by atoms with Gasteiger partial charge in [0.05, 0.1) is 11.5 Å². The molecular weight excluding hydrogens is 311 g/mol. The second kappa shape index (κ2) is 5.68. The fraction of sp³-hybridized carbons (Fsp3) is 0.400. The Hall–Kier alpha value is -2.38. The highest BCUT2D eigenvalue weighted by molar-refractivity contribution is 5.73. The monoisotopic (exact) mass is 325 g/mol. The van der Waals surface area contributed by atoms with Gasteiger partial charge in [0.25, 0.3) is 0 Å². The molecule has 1 aromatic heterocycles. The van der Waals surface area contributed by atoms with E-state index in [0.29, 0.717) is 24.5 Å². The fourth-order valence-electron chi connectivity index (χ4n) is 2.57. The number of amides is 1. The van der Waals surface area contributed by atoms with Gasteiger partial charge in [-0.15, -0.1) is 0 Å². The highest BCUT2D eigenvalue weighted by atomic mass is 19.4. The third-order valence-electron chi connectivity index (χ3n) is 3.89. The summed E-state index contributed by atoms with van der Waals surface area (Å²) in [5, 5.41) is 3.82. The summed E-state index contributed by atoms with van der Waals surface area (Å²) in [6, 6.07) is 4.60. The molecular formula is C15H14F3N3O2. The van der Waals surface area contributed by atoms with Crippen molar-refractivity contribution in [3.63, 3.8) is 0 Å². The summed E-state index contributed by atoms with van der Waals surface area (Å²) in [7, 11) is 0. The molecule has 0 bridgehead atoms. The summed E-state index contributed by atoms with van der Waals surface area (Å²) in [6.07, 6.45) is -3.64. The number of hydrogen-bond acceptors (Lipinski definition) is 4. The topological polar surface area (TPSA) is 59.2 Å². The van der Waals surface area contributed by atoms with Crippen LogP contribution in [0, 0.1) is 0 Å². The van der Waals surface area contributed by atoms with E-state index >= 15 is 0 Å². The van der Waals surface area contributed by atoms with Crippen molar-refractivity contribution in [3.8, 4) is 11.4 Å². The number of carbonyl (C=O) groups is 1. The Morgan fingerprint density at radius 2 is 2.00 bits per heavy atom. The van der Waals surface area contributed by atoms with E-state index in [-0.39, 0.29) is 17.6 Å². The highest BCUT2D eigenvalue weighted by Gasteiger charge is 2.31. The summed E-state index contributed by atoms with van der Waals surface area (Å²) in [5.74, 6) is 0.614. The highest BCUT2D eigenvalue weighted by Crippen LogP contribution is 2.31. The molecule has 0 aliphatic carbocycles. The zero-order valence-electron chi connectivity index (χ0n) is 12.3. The minimum atomic E-state index is -4.37. The number of nitrogens with zero attached hydrogens (tertiary/aromatic N) is 3. The molecule has 1 aromatic carbocycles. The van der Waals surface area contributed by atoms with E-state index in [0.717, 1.165) is 18.6 Å². The Morgan fingerprint density at radius 1 is 1.30 bits per heavy atom. The lowest BCUT2D eigenvalue weighted by Gasteiger charge is -2.11. The second-order valence-electron chi connectivity index (χ2n) is 5.48. The van der Waals surface area contributed by atoms with E-state index in [2.05, 4.69) is 10.1 Å². The van der Waals surface area contributed by atoms with Gasteiger partial charge in [-0.2, -0.15) is 18.2 Å². The normalized spacial score (nSPS) is 18.4. The average Bonchev–Trinajstić information content (AvgIpc) is 3.15. The summed E-state index contributed by atoms with van der Waals surface area (Å²) < 4.78 is 42.9. The lowest BCUT2D eigenvalue weighted by atomic mass is 10.1. The van der Waals surface area contributed by atoms with E-state index in [4.69, 9.17) is 4.52 Å². The van der Waals surface area contributed by atoms with Crippen LogP contribution in [0.5, 0.6) is 0 Å². The number of halogens is 3. The third kappa shape index (κ3) is 3.20. The van der Waals surface area contributed by atoms with Gasteiger partial charge < -0.3 is 9.42 Å². The predicted octanol–water partition coefficient (Wildman–Crippen LogP) is 3.09. The summed E-state index contributed by atoms with van der Waals surface area (Å²) >= 11 is 0. The number of alkyl halides is 3. The van der Waals surface area contributed by atoms with Crippen LogP contribution >= 0.6 is 0 Å².